The van der Waals surface area contributed by atoms with E-state index >= 15 is 0 Å². The third-order valence-electron chi connectivity index (χ3n) is 2.30. The van der Waals surface area contributed by atoms with Gasteiger partial charge in [-0.2, -0.15) is 0 Å². The van der Waals surface area contributed by atoms with E-state index in [4.69, 9.17) is 4.74 Å². The van der Waals surface area contributed by atoms with Crippen molar-refractivity contribution >= 4 is 11.7 Å². The van der Waals surface area contributed by atoms with Crippen LogP contribution in [0.4, 0.5) is 5.69 Å². The van der Waals surface area contributed by atoms with E-state index in [2.05, 4.69) is 18.8 Å². The summed E-state index contributed by atoms with van der Waals surface area (Å²) in [6.45, 7) is 6.65. The van der Waals surface area contributed by atoms with Crippen LogP contribution in [0.2, 0.25) is 0 Å². The molecule has 92 valence electrons. The van der Waals surface area contributed by atoms with Crippen molar-refractivity contribution in [1.29, 1.82) is 0 Å². The van der Waals surface area contributed by atoms with E-state index in [0.29, 0.717) is 18.7 Å². The number of rotatable bonds is 7. The Morgan fingerprint density at radius 3 is 2.71 bits per heavy atom. The number of ether oxygens (including phenoxy) is 1. The molecule has 0 fully saturated rings. The largest absolute Gasteiger partial charge is 0.462 e. The average Bonchev–Trinajstić information content (AvgIpc) is 2.37. The maximum absolute atomic E-state index is 11.5. The van der Waals surface area contributed by atoms with Crippen molar-refractivity contribution in [3.05, 3.63) is 42.5 Å². The Balaban J connectivity index is 2.27. The zero-order valence-electron chi connectivity index (χ0n) is 10.2. The molecule has 0 atom stereocenters. The van der Waals surface area contributed by atoms with Crippen molar-refractivity contribution in [3.63, 3.8) is 0 Å². The fourth-order valence-electron chi connectivity index (χ4n) is 1.25. The molecule has 1 N–H and O–H groups in total. The van der Waals surface area contributed by atoms with Gasteiger partial charge in [0.2, 0.25) is 0 Å². The van der Waals surface area contributed by atoms with Crippen LogP contribution in [-0.4, -0.2) is 19.1 Å². The van der Waals surface area contributed by atoms with Gasteiger partial charge in [0, 0.05) is 17.8 Å². The smallest absolute Gasteiger partial charge is 0.335 e. The van der Waals surface area contributed by atoms with Crippen molar-refractivity contribution in [2.24, 2.45) is 0 Å². The number of hydrogen-bond donors (Lipinski definition) is 1. The fraction of sp³-hybridized carbons (Fsp3) is 0.357. The standard InChI is InChI=1S/C14H19NO2/c1-3-4-10-17-14(16)12(2)11-15-13-8-6-5-7-9-13/h5-9,15H,2-4,10-11H2,1H3. The average molecular weight is 233 g/mol. The molecule has 17 heavy (non-hydrogen) atoms. The van der Waals surface area contributed by atoms with Gasteiger partial charge in [0.05, 0.1) is 6.61 Å². The SMILES string of the molecule is C=C(CNc1ccccc1)C(=O)OCCCC. The number of unbranched alkanes of at least 4 members (excludes halogenated alkanes) is 1. The van der Waals surface area contributed by atoms with Gasteiger partial charge in [0.1, 0.15) is 0 Å². The predicted molar refractivity (Wildman–Crippen MR) is 69.9 cm³/mol. The molecule has 0 amide bonds. The molecule has 0 saturated carbocycles. The molecule has 0 saturated heterocycles. The van der Waals surface area contributed by atoms with Gasteiger partial charge in [-0.3, -0.25) is 0 Å². The van der Waals surface area contributed by atoms with Crippen LogP contribution in [0.15, 0.2) is 42.5 Å². The minimum absolute atomic E-state index is 0.318. The van der Waals surface area contributed by atoms with Crippen LogP contribution in [0.1, 0.15) is 19.8 Å². The molecule has 0 unspecified atom stereocenters. The van der Waals surface area contributed by atoms with Crippen LogP contribution >= 0.6 is 0 Å². The van der Waals surface area contributed by atoms with Crippen LogP contribution < -0.4 is 5.32 Å². The summed E-state index contributed by atoms with van der Waals surface area (Å²) in [7, 11) is 0. The van der Waals surface area contributed by atoms with Crippen LogP contribution in [0.3, 0.4) is 0 Å². The number of benzene rings is 1. The molecule has 0 aliphatic heterocycles. The first-order valence-electron chi connectivity index (χ1n) is 5.88. The molecule has 0 spiro atoms. The van der Waals surface area contributed by atoms with E-state index in [-0.39, 0.29) is 5.97 Å². The lowest BCUT2D eigenvalue weighted by molar-refractivity contribution is -0.139. The maximum Gasteiger partial charge on any atom is 0.335 e. The minimum atomic E-state index is -0.318. The number of para-hydroxylation sites is 1. The first-order valence-corrected chi connectivity index (χ1v) is 5.88. The van der Waals surface area contributed by atoms with Gasteiger partial charge >= 0.3 is 5.97 Å². The molecule has 1 aromatic carbocycles. The van der Waals surface area contributed by atoms with Crippen LogP contribution in [0.25, 0.3) is 0 Å². The zero-order valence-corrected chi connectivity index (χ0v) is 10.2. The molecule has 0 aliphatic carbocycles. The molecule has 0 radical (unpaired) electrons. The first-order chi connectivity index (χ1) is 8.24. The quantitative estimate of drug-likeness (QED) is 0.447. The number of nitrogens with one attached hydrogen (secondary N) is 1. The van der Waals surface area contributed by atoms with Crippen LogP contribution in [-0.2, 0) is 9.53 Å². The lowest BCUT2D eigenvalue weighted by Crippen LogP contribution is -2.15. The fourth-order valence-corrected chi connectivity index (χ4v) is 1.25. The highest BCUT2D eigenvalue weighted by Crippen LogP contribution is 2.06. The molecule has 0 bridgehead atoms. The Kier molecular flexibility index (Phi) is 5.86. The summed E-state index contributed by atoms with van der Waals surface area (Å²) in [6.07, 6.45) is 1.91. The van der Waals surface area contributed by atoms with Gasteiger partial charge in [-0.25, -0.2) is 4.79 Å². The second-order valence-electron chi connectivity index (χ2n) is 3.81. The molecule has 1 rings (SSSR count). The van der Waals surface area contributed by atoms with E-state index in [1.807, 2.05) is 30.3 Å². The van der Waals surface area contributed by atoms with Crippen molar-refractivity contribution in [2.45, 2.75) is 19.8 Å². The van der Waals surface area contributed by atoms with E-state index in [1.54, 1.807) is 0 Å². The van der Waals surface area contributed by atoms with Crippen molar-refractivity contribution in [2.75, 3.05) is 18.5 Å². The number of anilines is 1. The molecular formula is C14H19NO2. The van der Waals surface area contributed by atoms with Gasteiger partial charge in [0.25, 0.3) is 0 Å². The normalized spacial score (nSPS) is 9.71. The molecular weight excluding hydrogens is 214 g/mol. The Labute approximate surface area is 102 Å². The van der Waals surface area contributed by atoms with Gasteiger partial charge in [-0.05, 0) is 18.6 Å². The second-order valence-corrected chi connectivity index (χ2v) is 3.81. The van der Waals surface area contributed by atoms with E-state index in [0.717, 1.165) is 18.5 Å². The van der Waals surface area contributed by atoms with Crippen LogP contribution in [0.5, 0.6) is 0 Å². The van der Waals surface area contributed by atoms with Crippen molar-refractivity contribution in [3.8, 4) is 0 Å². The zero-order chi connectivity index (χ0) is 12.5. The third-order valence-corrected chi connectivity index (χ3v) is 2.30. The summed E-state index contributed by atoms with van der Waals surface area (Å²) in [4.78, 5) is 11.5. The summed E-state index contributed by atoms with van der Waals surface area (Å²) in [5.41, 5.74) is 1.42. The highest BCUT2D eigenvalue weighted by atomic mass is 16.5. The predicted octanol–water partition coefficient (Wildman–Crippen LogP) is 3.00. The third kappa shape index (κ3) is 5.20. The number of carbonyl (C=O) groups is 1. The number of hydrogen-bond acceptors (Lipinski definition) is 3. The number of esters is 1. The second kappa shape index (κ2) is 7.49. The lowest BCUT2D eigenvalue weighted by atomic mass is 10.2. The van der Waals surface area contributed by atoms with Crippen molar-refractivity contribution < 1.29 is 9.53 Å². The summed E-state index contributed by atoms with van der Waals surface area (Å²) in [6, 6.07) is 9.69. The summed E-state index contributed by atoms with van der Waals surface area (Å²) in [5.74, 6) is -0.318. The van der Waals surface area contributed by atoms with Crippen molar-refractivity contribution in [1.82, 2.24) is 0 Å². The Morgan fingerprint density at radius 2 is 2.06 bits per heavy atom. The molecule has 0 heterocycles. The molecule has 3 nitrogen and oxygen atoms in total. The van der Waals surface area contributed by atoms with E-state index in [9.17, 15) is 4.79 Å². The van der Waals surface area contributed by atoms with Gasteiger partial charge in [-0.1, -0.05) is 38.1 Å². The highest BCUT2D eigenvalue weighted by molar-refractivity contribution is 5.88. The summed E-state index contributed by atoms with van der Waals surface area (Å²) >= 11 is 0. The molecule has 3 heteroatoms. The molecule has 1 aromatic rings. The first kappa shape index (κ1) is 13.3. The minimum Gasteiger partial charge on any atom is -0.462 e. The van der Waals surface area contributed by atoms with Gasteiger partial charge in [-0.15, -0.1) is 0 Å². The molecule has 0 aliphatic rings. The summed E-state index contributed by atoms with van der Waals surface area (Å²) in [5, 5.41) is 3.12. The van der Waals surface area contributed by atoms with Gasteiger partial charge in [0.15, 0.2) is 0 Å². The summed E-state index contributed by atoms with van der Waals surface area (Å²) < 4.78 is 5.05. The van der Waals surface area contributed by atoms with Gasteiger partial charge < -0.3 is 10.1 Å². The van der Waals surface area contributed by atoms with Crippen LogP contribution in [0, 0.1) is 0 Å². The highest BCUT2D eigenvalue weighted by Gasteiger charge is 2.07. The Morgan fingerprint density at radius 1 is 1.35 bits per heavy atom. The number of carbonyl (C=O) groups excluding carboxylic acids is 1. The Bertz CT molecular complexity index is 360. The van der Waals surface area contributed by atoms with E-state index in [1.165, 1.54) is 0 Å². The van der Waals surface area contributed by atoms with E-state index < -0.39 is 0 Å². The Hall–Kier alpha value is -1.77. The topological polar surface area (TPSA) is 38.3 Å². The maximum atomic E-state index is 11.5. The molecule has 0 aromatic heterocycles. The lowest BCUT2D eigenvalue weighted by Gasteiger charge is -2.08. The monoisotopic (exact) mass is 233 g/mol.